The van der Waals surface area contributed by atoms with Crippen molar-refractivity contribution in [1.82, 2.24) is 0 Å². The van der Waals surface area contributed by atoms with E-state index in [-0.39, 0.29) is 20.1 Å². The molecular formula is C16H15BrO4Se. The van der Waals surface area contributed by atoms with E-state index >= 15 is 0 Å². The van der Waals surface area contributed by atoms with Crippen LogP contribution < -0.4 is 5.63 Å². The van der Waals surface area contributed by atoms with Gasteiger partial charge in [-0.25, -0.2) is 0 Å². The number of hydrogen-bond acceptors (Lipinski definition) is 4. The Morgan fingerprint density at radius 3 is 2.64 bits per heavy atom. The van der Waals surface area contributed by atoms with Crippen LogP contribution in [0.25, 0.3) is 20.6 Å². The predicted molar refractivity (Wildman–Crippen MR) is 92.1 cm³/mol. The molecule has 0 aliphatic rings. The van der Waals surface area contributed by atoms with Gasteiger partial charge >= 0.3 is 128 Å². The molecular weight excluding hydrogens is 415 g/mol. The molecule has 0 N–H and O–H groups in total. The Morgan fingerprint density at radius 2 is 2.00 bits per heavy atom. The van der Waals surface area contributed by atoms with Gasteiger partial charge in [0.05, 0.1) is 0 Å². The molecule has 1 aromatic carbocycles. The fourth-order valence-corrected chi connectivity index (χ4v) is 5.30. The summed E-state index contributed by atoms with van der Waals surface area (Å²) in [5.41, 5.74) is -0.169. The summed E-state index contributed by atoms with van der Waals surface area (Å²) >= 11 is 3.68. The van der Waals surface area contributed by atoms with E-state index in [1.807, 2.05) is 26.0 Å². The molecule has 22 heavy (non-hydrogen) atoms. The van der Waals surface area contributed by atoms with E-state index in [0.29, 0.717) is 5.58 Å². The number of carbonyl (C=O) groups is 1. The quantitative estimate of drug-likeness (QED) is 0.334. The van der Waals surface area contributed by atoms with Gasteiger partial charge in [-0.2, -0.15) is 0 Å². The summed E-state index contributed by atoms with van der Waals surface area (Å²) in [6.45, 7) is 6.05. The summed E-state index contributed by atoms with van der Waals surface area (Å²) in [5, 5.41) is 1.80. The van der Waals surface area contributed by atoms with Crippen molar-refractivity contribution >= 4 is 57.0 Å². The number of ether oxygens (including phenoxy) is 1. The van der Waals surface area contributed by atoms with Gasteiger partial charge in [0.2, 0.25) is 0 Å². The van der Waals surface area contributed by atoms with Crippen LogP contribution in [0.5, 0.6) is 0 Å². The Labute approximate surface area is 141 Å². The number of carbonyl (C=O) groups excluding carboxylic acids is 1. The molecule has 0 unspecified atom stereocenters. The Morgan fingerprint density at radius 1 is 1.32 bits per heavy atom. The molecule has 0 amide bonds. The number of benzene rings is 1. The van der Waals surface area contributed by atoms with Crippen LogP contribution in [0.2, 0.25) is 0 Å². The number of rotatable bonds is 1. The second-order valence-corrected chi connectivity index (χ2v) is 7.63. The maximum atomic E-state index is 11.9. The fraction of sp³-hybridized carbons (Fsp3) is 0.250. The van der Waals surface area contributed by atoms with Gasteiger partial charge in [0.25, 0.3) is 0 Å². The maximum absolute atomic E-state index is 11.9. The zero-order valence-corrected chi connectivity index (χ0v) is 16.0. The predicted octanol–water partition coefficient (Wildman–Crippen LogP) is 3.89. The van der Waals surface area contributed by atoms with Crippen LogP contribution in [0.3, 0.4) is 0 Å². The second kappa shape index (κ2) is 6.82. The summed E-state index contributed by atoms with van der Waals surface area (Å²) in [5.74, 6) is -0.679. The summed E-state index contributed by atoms with van der Waals surface area (Å²) in [6, 6.07) is 5.35. The first-order chi connectivity index (χ1) is 10.5. The molecule has 0 fully saturated rings. The average Bonchev–Trinajstić information content (AvgIpc) is 2.83. The molecule has 0 aliphatic heterocycles. The summed E-state index contributed by atoms with van der Waals surface area (Å²) in [7, 11) is 1.24. The molecule has 6 heteroatoms. The molecule has 2 aromatic heterocycles. The van der Waals surface area contributed by atoms with Gasteiger partial charge in [0.1, 0.15) is 0 Å². The standard InChI is InChI=1S/C14H9BrO4Se.C2H6/c1-6-10(15)8-4-3-7-5-9(13(16)18-2)14(17)19-11(7)12(8)20-6;1-2/h3-5H,1-2H3;1-2H3. The molecule has 0 atom stereocenters. The average molecular weight is 430 g/mol. The van der Waals surface area contributed by atoms with Crippen molar-refractivity contribution in [2.45, 2.75) is 20.8 Å². The van der Waals surface area contributed by atoms with Crippen molar-refractivity contribution in [2.24, 2.45) is 0 Å². The Bertz CT molecular complexity index is 908. The van der Waals surface area contributed by atoms with E-state index in [0.717, 1.165) is 19.5 Å². The number of aryl methyl sites for hydroxylation is 1. The van der Waals surface area contributed by atoms with Crippen molar-refractivity contribution in [3.8, 4) is 0 Å². The number of hydrogen-bond donors (Lipinski definition) is 0. The van der Waals surface area contributed by atoms with E-state index in [1.165, 1.54) is 17.6 Å². The Hall–Kier alpha value is -1.36. The minimum atomic E-state index is -0.679. The topological polar surface area (TPSA) is 56.5 Å². The molecule has 0 saturated heterocycles. The molecule has 0 radical (unpaired) electrons. The molecule has 3 rings (SSSR count). The molecule has 3 aromatic rings. The molecule has 116 valence electrons. The summed E-state index contributed by atoms with van der Waals surface area (Å²) in [6.07, 6.45) is 0. The molecule has 0 aliphatic carbocycles. The number of fused-ring (bicyclic) bond motifs is 3. The van der Waals surface area contributed by atoms with Crippen LogP contribution in [0.4, 0.5) is 0 Å². The van der Waals surface area contributed by atoms with Gasteiger partial charge in [-0.15, -0.1) is 0 Å². The van der Waals surface area contributed by atoms with Crippen LogP contribution in [0.1, 0.15) is 28.6 Å². The minimum absolute atomic E-state index is 0.0748. The van der Waals surface area contributed by atoms with Gasteiger partial charge in [-0.05, 0) is 0 Å². The SMILES string of the molecule is CC.COC(=O)c1cc2ccc3c(Br)c(C)[se]c3c2oc1=O. The van der Waals surface area contributed by atoms with E-state index in [4.69, 9.17) is 4.42 Å². The van der Waals surface area contributed by atoms with Crippen LogP contribution in [-0.2, 0) is 4.74 Å². The first-order valence-corrected chi connectivity index (χ1v) is 9.27. The van der Waals surface area contributed by atoms with Gasteiger partial charge in [-0.3, -0.25) is 0 Å². The van der Waals surface area contributed by atoms with Gasteiger partial charge < -0.3 is 0 Å². The third-order valence-corrected chi connectivity index (χ3v) is 7.02. The van der Waals surface area contributed by atoms with Gasteiger partial charge in [0, 0.05) is 0 Å². The molecule has 0 spiro atoms. The van der Waals surface area contributed by atoms with E-state index in [2.05, 4.69) is 27.6 Å². The van der Waals surface area contributed by atoms with Gasteiger partial charge in [0.15, 0.2) is 0 Å². The van der Waals surface area contributed by atoms with Crippen molar-refractivity contribution < 1.29 is 13.9 Å². The second-order valence-electron chi connectivity index (χ2n) is 4.27. The van der Waals surface area contributed by atoms with Crippen molar-refractivity contribution in [3.05, 3.63) is 43.1 Å². The monoisotopic (exact) mass is 430 g/mol. The first kappa shape index (κ1) is 17.0. The zero-order valence-electron chi connectivity index (χ0n) is 12.7. The first-order valence-electron chi connectivity index (χ1n) is 6.76. The van der Waals surface area contributed by atoms with E-state index in [1.54, 1.807) is 0 Å². The van der Waals surface area contributed by atoms with Crippen LogP contribution in [0, 0.1) is 6.92 Å². The van der Waals surface area contributed by atoms with Gasteiger partial charge in [-0.1, -0.05) is 13.8 Å². The molecule has 0 saturated carbocycles. The number of halogens is 1. The molecule has 4 nitrogen and oxygen atoms in total. The van der Waals surface area contributed by atoms with Crippen LogP contribution in [-0.4, -0.2) is 27.6 Å². The van der Waals surface area contributed by atoms with Crippen LogP contribution >= 0.6 is 15.9 Å². The number of methoxy groups -OCH3 is 1. The molecule has 0 bridgehead atoms. The van der Waals surface area contributed by atoms with E-state index < -0.39 is 11.6 Å². The Balaban J connectivity index is 0.000000847. The van der Waals surface area contributed by atoms with Crippen molar-refractivity contribution in [3.63, 3.8) is 0 Å². The Kier molecular flexibility index (Phi) is 5.27. The fourth-order valence-electron chi connectivity index (χ4n) is 2.07. The van der Waals surface area contributed by atoms with Crippen molar-refractivity contribution in [1.29, 1.82) is 0 Å². The third kappa shape index (κ3) is 2.78. The van der Waals surface area contributed by atoms with Crippen molar-refractivity contribution in [2.75, 3.05) is 7.11 Å². The number of esters is 1. The molecule has 2 heterocycles. The third-order valence-electron chi connectivity index (χ3n) is 3.06. The summed E-state index contributed by atoms with van der Waals surface area (Å²) < 4.78 is 13.3. The zero-order chi connectivity index (χ0) is 16.4. The van der Waals surface area contributed by atoms with Crippen LogP contribution in [0.15, 0.2) is 31.9 Å². The summed E-state index contributed by atoms with van der Waals surface area (Å²) in [4.78, 5) is 23.4. The van der Waals surface area contributed by atoms with E-state index in [9.17, 15) is 9.59 Å². The normalized spacial score (nSPS) is 10.4.